The van der Waals surface area contributed by atoms with Crippen molar-refractivity contribution in [1.82, 2.24) is 19.4 Å². The van der Waals surface area contributed by atoms with Crippen molar-refractivity contribution < 1.29 is 19.2 Å². The molecule has 0 aliphatic heterocycles. The highest BCUT2D eigenvalue weighted by Gasteiger charge is 2.23. The highest BCUT2D eigenvalue weighted by Crippen LogP contribution is 2.15. The van der Waals surface area contributed by atoms with Gasteiger partial charge in [0.15, 0.2) is 11.6 Å². The van der Waals surface area contributed by atoms with Crippen molar-refractivity contribution in [1.29, 1.82) is 0 Å². The standard InChI is InChI=1S/C25H34N4O5/c1-4-18(5-2)10-11-20(31)16-29-12-6-8-19(25(29)34)14-23(32)21(9-7-13-30)27-24(33)22-15-26-17-28(22)3/h6,8,12-13,15,17-18,21H,4-5,7,9-11,14,16H2,1-3H3,(H,27,33)/t21-/m0/s1. The number of nitrogens with zero attached hydrogens (tertiary/aromatic N) is 3. The molecule has 0 unspecified atom stereocenters. The third-order valence-corrected chi connectivity index (χ3v) is 6.11. The molecule has 2 aromatic rings. The van der Waals surface area contributed by atoms with Gasteiger partial charge >= 0.3 is 0 Å². The first kappa shape index (κ1) is 26.9. The van der Waals surface area contributed by atoms with Crippen LogP contribution in [0.5, 0.6) is 0 Å². The molecule has 1 amide bonds. The van der Waals surface area contributed by atoms with E-state index in [0.29, 0.717) is 18.6 Å². The van der Waals surface area contributed by atoms with E-state index >= 15 is 0 Å². The Morgan fingerprint density at radius 2 is 1.91 bits per heavy atom. The minimum absolute atomic E-state index is 0.0234. The second-order valence-corrected chi connectivity index (χ2v) is 8.53. The third kappa shape index (κ3) is 7.60. The Balaban J connectivity index is 2.09. The maximum absolute atomic E-state index is 13.0. The number of hydrogen-bond acceptors (Lipinski definition) is 6. The van der Waals surface area contributed by atoms with E-state index in [0.717, 1.165) is 19.3 Å². The van der Waals surface area contributed by atoms with Crippen molar-refractivity contribution in [3.63, 3.8) is 0 Å². The average Bonchev–Trinajstić information content (AvgIpc) is 3.25. The summed E-state index contributed by atoms with van der Waals surface area (Å²) >= 11 is 0. The van der Waals surface area contributed by atoms with Crippen molar-refractivity contribution in [3.8, 4) is 0 Å². The van der Waals surface area contributed by atoms with Crippen LogP contribution < -0.4 is 10.9 Å². The van der Waals surface area contributed by atoms with Gasteiger partial charge in [0, 0.05) is 38.1 Å². The Bertz CT molecular complexity index is 1050. The molecule has 0 saturated heterocycles. The summed E-state index contributed by atoms with van der Waals surface area (Å²) in [6.45, 7) is 4.17. The first-order chi connectivity index (χ1) is 16.3. The smallest absolute Gasteiger partial charge is 0.270 e. The molecule has 2 heterocycles. The summed E-state index contributed by atoms with van der Waals surface area (Å²) in [5.74, 6) is -0.399. The summed E-state index contributed by atoms with van der Waals surface area (Å²) in [5.41, 5.74) is 0.114. The molecule has 9 nitrogen and oxygen atoms in total. The van der Waals surface area contributed by atoms with Gasteiger partial charge in [-0.2, -0.15) is 0 Å². The highest BCUT2D eigenvalue weighted by molar-refractivity contribution is 5.97. The van der Waals surface area contributed by atoms with Gasteiger partial charge in [-0.3, -0.25) is 19.2 Å². The number of aromatic nitrogens is 3. The predicted molar refractivity (Wildman–Crippen MR) is 127 cm³/mol. The number of nitrogens with one attached hydrogen (secondary N) is 1. The molecular formula is C25H34N4O5. The van der Waals surface area contributed by atoms with Gasteiger partial charge in [-0.15, -0.1) is 0 Å². The van der Waals surface area contributed by atoms with Gasteiger partial charge in [-0.1, -0.05) is 32.8 Å². The van der Waals surface area contributed by atoms with Gasteiger partial charge in [0.05, 0.1) is 25.1 Å². The van der Waals surface area contributed by atoms with Crippen LogP contribution in [-0.4, -0.2) is 43.9 Å². The Morgan fingerprint density at radius 1 is 1.18 bits per heavy atom. The summed E-state index contributed by atoms with van der Waals surface area (Å²) < 4.78 is 2.85. The molecule has 0 spiro atoms. The second-order valence-electron chi connectivity index (χ2n) is 8.53. The fourth-order valence-electron chi connectivity index (χ4n) is 3.84. The maximum atomic E-state index is 13.0. The van der Waals surface area contributed by atoms with Crippen LogP contribution in [0.4, 0.5) is 0 Å². The zero-order valence-corrected chi connectivity index (χ0v) is 20.2. The van der Waals surface area contributed by atoms with Crippen LogP contribution >= 0.6 is 0 Å². The molecule has 0 aliphatic carbocycles. The molecule has 0 saturated carbocycles. The number of amides is 1. The van der Waals surface area contributed by atoms with Crippen molar-refractivity contribution in [3.05, 3.63) is 52.5 Å². The topological polar surface area (TPSA) is 120 Å². The second kappa shape index (κ2) is 13.4. The quantitative estimate of drug-likeness (QED) is 0.399. The molecule has 184 valence electrons. The Kier molecular flexibility index (Phi) is 10.6. The van der Waals surface area contributed by atoms with E-state index in [9.17, 15) is 24.0 Å². The molecule has 2 rings (SSSR count). The van der Waals surface area contributed by atoms with E-state index < -0.39 is 17.5 Å². The number of carbonyl (C=O) groups excluding carboxylic acids is 4. The lowest BCUT2D eigenvalue weighted by molar-refractivity contribution is -0.121. The van der Waals surface area contributed by atoms with Gasteiger partial charge in [0.2, 0.25) is 0 Å². The lowest BCUT2D eigenvalue weighted by Gasteiger charge is -2.17. The number of imidazole rings is 1. The van der Waals surface area contributed by atoms with Gasteiger partial charge in [-0.05, 0) is 24.8 Å². The third-order valence-electron chi connectivity index (χ3n) is 6.11. The molecular weight excluding hydrogens is 436 g/mol. The monoisotopic (exact) mass is 470 g/mol. The normalized spacial score (nSPS) is 11.9. The lowest BCUT2D eigenvalue weighted by Crippen LogP contribution is -2.43. The maximum Gasteiger partial charge on any atom is 0.270 e. The number of ketones is 2. The SMILES string of the molecule is CCC(CC)CCC(=O)Cn1cccc(CC(=O)[C@H](CCC=O)NC(=O)c2cncn2C)c1=O. The number of carbonyl (C=O) groups is 4. The Hall–Kier alpha value is -3.36. The first-order valence-electron chi connectivity index (χ1n) is 11.7. The largest absolute Gasteiger partial charge is 0.341 e. The fraction of sp³-hybridized carbons (Fsp3) is 0.520. The molecule has 34 heavy (non-hydrogen) atoms. The zero-order chi connectivity index (χ0) is 25.1. The molecule has 0 radical (unpaired) electrons. The summed E-state index contributed by atoms with van der Waals surface area (Å²) in [7, 11) is 1.66. The van der Waals surface area contributed by atoms with E-state index in [2.05, 4.69) is 24.1 Å². The van der Waals surface area contributed by atoms with Gasteiger partial charge < -0.3 is 19.2 Å². The van der Waals surface area contributed by atoms with Crippen molar-refractivity contribution in [2.24, 2.45) is 13.0 Å². The minimum atomic E-state index is -0.928. The first-order valence-corrected chi connectivity index (χ1v) is 11.7. The number of hydrogen-bond donors (Lipinski definition) is 1. The molecule has 1 atom stereocenters. The van der Waals surface area contributed by atoms with Crippen LogP contribution in [0, 0.1) is 5.92 Å². The van der Waals surface area contributed by atoms with Gasteiger partial charge in [0.25, 0.3) is 11.5 Å². The molecule has 2 aromatic heterocycles. The Morgan fingerprint density at radius 3 is 2.53 bits per heavy atom. The zero-order valence-electron chi connectivity index (χ0n) is 20.2. The lowest BCUT2D eigenvalue weighted by atomic mass is 9.96. The van der Waals surface area contributed by atoms with Crippen LogP contribution in [0.3, 0.4) is 0 Å². The number of aldehydes is 1. The van der Waals surface area contributed by atoms with Crippen molar-refractivity contribution in [2.45, 2.75) is 71.4 Å². The molecule has 1 N–H and O–H groups in total. The number of pyridine rings is 1. The number of Topliss-reactive ketones (excluding diaryl/α,β-unsaturated/α-hetero) is 2. The highest BCUT2D eigenvalue weighted by atomic mass is 16.2. The molecule has 0 aliphatic rings. The Labute approximate surface area is 199 Å². The average molecular weight is 471 g/mol. The predicted octanol–water partition coefficient (Wildman–Crippen LogP) is 2.26. The van der Waals surface area contributed by atoms with Crippen LogP contribution in [0.25, 0.3) is 0 Å². The van der Waals surface area contributed by atoms with Gasteiger partial charge in [0.1, 0.15) is 12.0 Å². The van der Waals surface area contributed by atoms with Crippen molar-refractivity contribution in [2.75, 3.05) is 0 Å². The van der Waals surface area contributed by atoms with Crippen molar-refractivity contribution >= 4 is 23.8 Å². The molecule has 0 fully saturated rings. The molecule has 0 bridgehead atoms. The fourth-order valence-corrected chi connectivity index (χ4v) is 3.84. The van der Waals surface area contributed by atoms with Crippen LogP contribution in [0.15, 0.2) is 35.6 Å². The molecule has 9 heteroatoms. The number of aryl methyl sites for hydroxylation is 1. The summed E-state index contributed by atoms with van der Waals surface area (Å²) in [5, 5.41) is 2.65. The molecule has 0 aromatic carbocycles. The van der Waals surface area contributed by atoms with Crippen LogP contribution in [0.1, 0.15) is 68.4 Å². The number of rotatable bonds is 15. The van der Waals surface area contributed by atoms with E-state index in [-0.39, 0.29) is 48.6 Å². The minimum Gasteiger partial charge on any atom is -0.341 e. The van der Waals surface area contributed by atoms with E-state index in [1.807, 2.05) is 0 Å². The summed E-state index contributed by atoms with van der Waals surface area (Å²) in [4.78, 5) is 65.6. The van der Waals surface area contributed by atoms with E-state index in [1.165, 1.54) is 21.7 Å². The summed E-state index contributed by atoms with van der Waals surface area (Å²) in [6.07, 6.45) is 8.32. The van der Waals surface area contributed by atoms with E-state index in [1.54, 1.807) is 25.4 Å². The van der Waals surface area contributed by atoms with E-state index in [4.69, 9.17) is 0 Å². The van der Waals surface area contributed by atoms with Gasteiger partial charge in [-0.25, -0.2) is 4.98 Å². The van der Waals surface area contributed by atoms with Crippen LogP contribution in [-0.2, 0) is 34.4 Å². The van der Waals surface area contributed by atoms with Crippen LogP contribution in [0.2, 0.25) is 0 Å². The summed E-state index contributed by atoms with van der Waals surface area (Å²) in [6, 6.07) is 2.25.